The number of hydrogen-bond donors (Lipinski definition) is 3. The molecular weight excluding hydrogens is 376 g/mol. The zero-order chi connectivity index (χ0) is 19.1. The van der Waals surface area contributed by atoms with Gasteiger partial charge < -0.3 is 21.3 Å². The van der Waals surface area contributed by atoms with Crippen LogP contribution in [0.15, 0.2) is 60.7 Å². The lowest BCUT2D eigenvalue weighted by Crippen LogP contribution is -2.51. The minimum Gasteiger partial charge on any atom is -0.352 e. The van der Waals surface area contributed by atoms with Crippen molar-refractivity contribution in [2.24, 2.45) is 5.73 Å². The van der Waals surface area contributed by atoms with Crippen LogP contribution in [0.3, 0.4) is 0 Å². The number of anilines is 1. The van der Waals surface area contributed by atoms with Gasteiger partial charge >= 0.3 is 6.03 Å². The lowest BCUT2D eigenvalue weighted by Gasteiger charge is -2.32. The minimum absolute atomic E-state index is 0. The number of nitrogens with two attached hydrogens (primary N) is 1. The minimum atomic E-state index is -0.563. The Balaban J connectivity index is 0.00000280. The maximum absolute atomic E-state index is 12.3. The van der Waals surface area contributed by atoms with Gasteiger partial charge in [0.1, 0.15) is 0 Å². The first-order valence-electron chi connectivity index (χ1n) is 9.32. The van der Waals surface area contributed by atoms with E-state index in [1.54, 1.807) is 4.90 Å². The van der Waals surface area contributed by atoms with E-state index in [0.717, 1.165) is 24.1 Å². The average Bonchev–Trinajstić information content (AvgIpc) is 2.70. The summed E-state index contributed by atoms with van der Waals surface area (Å²) < 4.78 is 0. The number of hydrogen-bond acceptors (Lipinski definition) is 3. The lowest BCUT2D eigenvalue weighted by atomic mass is 10.0. The van der Waals surface area contributed by atoms with Gasteiger partial charge in [0.15, 0.2) is 0 Å². The number of amides is 3. The van der Waals surface area contributed by atoms with E-state index in [4.69, 9.17) is 5.73 Å². The standard InChI is InChI=1S/C21H26N4O2.ClH/c22-19(15-16-7-3-1-4-8-16)20(26)23-18-11-13-25(14-12-18)21(27)24-17-9-5-2-6-10-17;/h1-10,18-19H,11-15,22H2,(H,23,26)(H,24,27);1H/t19-;/m0./s1. The molecule has 1 saturated heterocycles. The topological polar surface area (TPSA) is 87.5 Å². The van der Waals surface area contributed by atoms with Crippen molar-refractivity contribution in [2.75, 3.05) is 18.4 Å². The van der Waals surface area contributed by atoms with Crippen molar-refractivity contribution in [1.29, 1.82) is 0 Å². The van der Waals surface area contributed by atoms with E-state index in [2.05, 4.69) is 10.6 Å². The molecular formula is C21H27ClN4O2. The van der Waals surface area contributed by atoms with Gasteiger partial charge in [0, 0.05) is 24.8 Å². The summed E-state index contributed by atoms with van der Waals surface area (Å²) in [5, 5.41) is 5.92. The van der Waals surface area contributed by atoms with Gasteiger partial charge in [-0.1, -0.05) is 48.5 Å². The molecule has 2 aromatic rings. The largest absolute Gasteiger partial charge is 0.352 e. The number of carbonyl (C=O) groups excluding carboxylic acids is 2. The number of nitrogens with zero attached hydrogens (tertiary/aromatic N) is 1. The van der Waals surface area contributed by atoms with E-state index in [0.29, 0.717) is 19.5 Å². The van der Waals surface area contributed by atoms with Crippen LogP contribution in [0.2, 0.25) is 0 Å². The van der Waals surface area contributed by atoms with Crippen LogP contribution in [0.4, 0.5) is 10.5 Å². The first-order valence-corrected chi connectivity index (χ1v) is 9.32. The normalized spacial score (nSPS) is 15.2. The average molecular weight is 403 g/mol. The Morgan fingerprint density at radius 2 is 1.57 bits per heavy atom. The Labute approximate surface area is 171 Å². The van der Waals surface area contributed by atoms with Gasteiger partial charge in [-0.2, -0.15) is 0 Å². The molecule has 1 heterocycles. The van der Waals surface area contributed by atoms with Crippen LogP contribution in [-0.2, 0) is 11.2 Å². The smallest absolute Gasteiger partial charge is 0.321 e. The van der Waals surface area contributed by atoms with Crippen molar-refractivity contribution in [2.45, 2.75) is 31.3 Å². The highest BCUT2D eigenvalue weighted by Crippen LogP contribution is 2.13. The van der Waals surface area contributed by atoms with Crippen LogP contribution in [-0.4, -0.2) is 42.0 Å². The molecule has 7 heteroatoms. The third kappa shape index (κ3) is 6.25. The third-order valence-electron chi connectivity index (χ3n) is 4.79. The molecule has 28 heavy (non-hydrogen) atoms. The summed E-state index contributed by atoms with van der Waals surface area (Å²) in [6.45, 7) is 1.22. The monoisotopic (exact) mass is 402 g/mol. The summed E-state index contributed by atoms with van der Waals surface area (Å²) in [5.74, 6) is -0.133. The summed E-state index contributed by atoms with van der Waals surface area (Å²) in [4.78, 5) is 26.4. The molecule has 0 unspecified atom stereocenters. The number of urea groups is 1. The van der Waals surface area contributed by atoms with Crippen molar-refractivity contribution in [3.8, 4) is 0 Å². The summed E-state index contributed by atoms with van der Waals surface area (Å²) >= 11 is 0. The highest BCUT2D eigenvalue weighted by atomic mass is 35.5. The Hall–Kier alpha value is -2.57. The fourth-order valence-corrected chi connectivity index (χ4v) is 3.22. The predicted octanol–water partition coefficient (Wildman–Crippen LogP) is 2.79. The second-order valence-electron chi connectivity index (χ2n) is 6.86. The van der Waals surface area contributed by atoms with Crippen molar-refractivity contribution in [3.63, 3.8) is 0 Å². The van der Waals surface area contributed by atoms with E-state index in [9.17, 15) is 9.59 Å². The molecule has 0 aromatic heterocycles. The SMILES string of the molecule is Cl.N[C@@H](Cc1ccccc1)C(=O)NC1CCN(C(=O)Nc2ccccc2)CC1. The van der Waals surface area contributed by atoms with Crippen LogP contribution in [0.5, 0.6) is 0 Å². The van der Waals surface area contributed by atoms with Gasteiger partial charge in [0.2, 0.25) is 5.91 Å². The van der Waals surface area contributed by atoms with E-state index in [1.807, 2.05) is 60.7 Å². The summed E-state index contributed by atoms with van der Waals surface area (Å²) in [6.07, 6.45) is 1.98. The van der Waals surface area contributed by atoms with E-state index in [1.165, 1.54) is 0 Å². The fraction of sp³-hybridized carbons (Fsp3) is 0.333. The van der Waals surface area contributed by atoms with Crippen LogP contribution in [0.25, 0.3) is 0 Å². The molecule has 3 rings (SSSR count). The highest BCUT2D eigenvalue weighted by Gasteiger charge is 2.25. The van der Waals surface area contributed by atoms with Gasteiger partial charge in [-0.3, -0.25) is 4.79 Å². The quantitative estimate of drug-likeness (QED) is 0.718. The number of halogens is 1. The molecule has 2 aromatic carbocycles. The molecule has 1 atom stereocenters. The first kappa shape index (κ1) is 21.7. The molecule has 3 amide bonds. The molecule has 1 aliphatic heterocycles. The van der Waals surface area contributed by atoms with Gasteiger partial charge in [0.25, 0.3) is 0 Å². The Bertz CT molecular complexity index is 750. The highest BCUT2D eigenvalue weighted by molar-refractivity contribution is 5.89. The van der Waals surface area contributed by atoms with Gasteiger partial charge in [-0.25, -0.2) is 4.79 Å². The maximum atomic E-state index is 12.3. The number of rotatable bonds is 5. The number of carbonyl (C=O) groups is 2. The molecule has 1 aliphatic rings. The van der Waals surface area contributed by atoms with Crippen molar-refractivity contribution in [3.05, 3.63) is 66.2 Å². The predicted molar refractivity (Wildman–Crippen MR) is 114 cm³/mol. The maximum Gasteiger partial charge on any atom is 0.321 e. The molecule has 0 saturated carbocycles. The summed E-state index contributed by atoms with van der Waals surface area (Å²) in [6, 6.07) is 18.5. The van der Waals surface area contributed by atoms with Crippen molar-refractivity contribution in [1.82, 2.24) is 10.2 Å². The third-order valence-corrected chi connectivity index (χ3v) is 4.79. The van der Waals surface area contributed by atoms with Crippen LogP contribution >= 0.6 is 12.4 Å². The number of piperidine rings is 1. The Morgan fingerprint density at radius 1 is 1.00 bits per heavy atom. The van der Waals surface area contributed by atoms with E-state index < -0.39 is 6.04 Å². The molecule has 4 N–H and O–H groups in total. The van der Waals surface area contributed by atoms with Crippen LogP contribution < -0.4 is 16.4 Å². The van der Waals surface area contributed by atoms with Gasteiger partial charge in [-0.15, -0.1) is 12.4 Å². The van der Waals surface area contributed by atoms with E-state index >= 15 is 0 Å². The fourth-order valence-electron chi connectivity index (χ4n) is 3.22. The van der Waals surface area contributed by atoms with E-state index in [-0.39, 0.29) is 30.4 Å². The Kier molecular flexibility index (Phi) is 8.29. The second-order valence-corrected chi connectivity index (χ2v) is 6.86. The molecule has 6 nitrogen and oxygen atoms in total. The van der Waals surface area contributed by atoms with Crippen molar-refractivity contribution < 1.29 is 9.59 Å². The second kappa shape index (κ2) is 10.7. The first-order chi connectivity index (χ1) is 13.1. The Morgan fingerprint density at radius 3 is 2.18 bits per heavy atom. The molecule has 1 fully saturated rings. The van der Waals surface area contributed by atoms with Crippen molar-refractivity contribution >= 4 is 30.0 Å². The lowest BCUT2D eigenvalue weighted by molar-refractivity contribution is -0.123. The molecule has 150 valence electrons. The molecule has 0 radical (unpaired) electrons. The molecule has 0 aliphatic carbocycles. The number of likely N-dealkylation sites (tertiary alicyclic amines) is 1. The zero-order valence-electron chi connectivity index (χ0n) is 15.7. The zero-order valence-corrected chi connectivity index (χ0v) is 16.5. The number of benzene rings is 2. The van der Waals surface area contributed by atoms with Gasteiger partial charge in [0.05, 0.1) is 6.04 Å². The number of nitrogens with one attached hydrogen (secondary N) is 2. The number of para-hydroxylation sites is 1. The molecule has 0 bridgehead atoms. The summed E-state index contributed by atoms with van der Waals surface area (Å²) in [7, 11) is 0. The van der Waals surface area contributed by atoms with Crippen LogP contribution in [0, 0.1) is 0 Å². The van der Waals surface area contributed by atoms with Gasteiger partial charge in [-0.05, 0) is 37.0 Å². The van der Waals surface area contributed by atoms with Crippen LogP contribution in [0.1, 0.15) is 18.4 Å². The summed E-state index contributed by atoms with van der Waals surface area (Å²) in [5.41, 5.74) is 7.87. The molecule has 0 spiro atoms.